The first-order valence-electron chi connectivity index (χ1n) is 9.57. The molecule has 0 amide bonds. The van der Waals surface area contributed by atoms with E-state index in [0.717, 1.165) is 16.7 Å². The zero-order valence-corrected chi connectivity index (χ0v) is 17.9. The molecule has 1 atom stereocenters. The van der Waals surface area contributed by atoms with Crippen LogP contribution >= 0.6 is 0 Å². The number of ketones is 2. The van der Waals surface area contributed by atoms with Gasteiger partial charge in [-0.15, -0.1) is 0 Å². The molecule has 1 unspecified atom stereocenters. The largest absolute Gasteiger partial charge is 0.454 e. The van der Waals surface area contributed by atoms with Crippen LogP contribution in [0.5, 0.6) is 0 Å². The van der Waals surface area contributed by atoms with Crippen molar-refractivity contribution in [3.63, 3.8) is 0 Å². The van der Waals surface area contributed by atoms with Gasteiger partial charge in [0.15, 0.2) is 11.9 Å². The summed E-state index contributed by atoms with van der Waals surface area (Å²) >= 11 is 0. The van der Waals surface area contributed by atoms with Gasteiger partial charge in [0.1, 0.15) is 5.78 Å². The molecule has 28 heavy (non-hydrogen) atoms. The first-order chi connectivity index (χ1) is 12.9. The van der Waals surface area contributed by atoms with Gasteiger partial charge in [-0.2, -0.15) is 0 Å². The Morgan fingerprint density at radius 2 is 1.82 bits per heavy atom. The number of hydrogen-bond donors (Lipinski definition) is 0. The van der Waals surface area contributed by atoms with E-state index in [1.54, 1.807) is 6.92 Å². The molecular formula is C24H32O4. The van der Waals surface area contributed by atoms with Crippen LogP contribution in [-0.4, -0.2) is 23.6 Å². The van der Waals surface area contributed by atoms with Crippen molar-refractivity contribution >= 4 is 17.5 Å². The van der Waals surface area contributed by atoms with Gasteiger partial charge < -0.3 is 9.53 Å². The van der Waals surface area contributed by atoms with Crippen LogP contribution in [0.15, 0.2) is 59.3 Å². The van der Waals surface area contributed by atoms with E-state index in [2.05, 4.69) is 6.58 Å². The average molecular weight is 385 g/mol. The van der Waals surface area contributed by atoms with E-state index in [9.17, 15) is 14.4 Å². The minimum Gasteiger partial charge on any atom is -0.454 e. The molecule has 4 heteroatoms. The highest BCUT2D eigenvalue weighted by Crippen LogP contribution is 2.40. The van der Waals surface area contributed by atoms with E-state index in [4.69, 9.17) is 4.74 Å². The summed E-state index contributed by atoms with van der Waals surface area (Å²) in [5.41, 5.74) is 3.29. The van der Waals surface area contributed by atoms with E-state index in [1.807, 2.05) is 58.1 Å². The summed E-state index contributed by atoms with van der Waals surface area (Å²) in [4.78, 5) is 35.7. The van der Waals surface area contributed by atoms with Crippen LogP contribution in [0.25, 0.3) is 0 Å². The number of carbonyl (C=O) groups excluding carboxylic acids is 3. The highest BCUT2D eigenvalue weighted by Gasteiger charge is 2.39. The first kappa shape index (κ1) is 23.5. The molecule has 1 aliphatic rings. The fourth-order valence-electron chi connectivity index (χ4n) is 3.12. The summed E-state index contributed by atoms with van der Waals surface area (Å²) in [6.45, 7) is 15.0. The van der Waals surface area contributed by atoms with Crippen LogP contribution in [0.1, 0.15) is 60.8 Å². The molecule has 0 aromatic heterocycles. The van der Waals surface area contributed by atoms with E-state index < -0.39 is 12.1 Å². The molecule has 1 aliphatic carbocycles. The van der Waals surface area contributed by atoms with Crippen LogP contribution in [0.2, 0.25) is 0 Å². The Hall–Kier alpha value is -2.49. The minimum absolute atomic E-state index is 0.0107. The summed E-state index contributed by atoms with van der Waals surface area (Å²) < 4.78 is 5.38. The van der Waals surface area contributed by atoms with Crippen LogP contribution in [0.4, 0.5) is 0 Å². The quantitative estimate of drug-likeness (QED) is 0.425. The summed E-state index contributed by atoms with van der Waals surface area (Å²) in [7, 11) is 0. The lowest BCUT2D eigenvalue weighted by atomic mass is 9.71. The molecule has 0 radical (unpaired) electrons. The summed E-state index contributed by atoms with van der Waals surface area (Å²) in [6, 6.07) is 0. The molecule has 0 N–H and O–H groups in total. The minimum atomic E-state index is -0.790. The third-order valence-electron chi connectivity index (χ3n) is 4.70. The van der Waals surface area contributed by atoms with Crippen LogP contribution < -0.4 is 0 Å². The Kier molecular flexibility index (Phi) is 8.55. The van der Waals surface area contributed by atoms with Crippen LogP contribution in [0, 0.1) is 5.41 Å². The zero-order chi connectivity index (χ0) is 21.5. The van der Waals surface area contributed by atoms with Gasteiger partial charge in [-0.25, -0.2) is 0 Å². The maximum Gasteiger partial charge on any atom is 0.306 e. The second kappa shape index (κ2) is 10.2. The highest BCUT2D eigenvalue weighted by atomic mass is 16.5. The Bertz CT molecular complexity index is 772. The summed E-state index contributed by atoms with van der Waals surface area (Å²) in [6.07, 6.45) is 9.59. The van der Waals surface area contributed by atoms with Crippen LogP contribution in [-0.2, 0) is 19.1 Å². The van der Waals surface area contributed by atoms with Crippen LogP contribution in [0.3, 0.4) is 0 Å². The van der Waals surface area contributed by atoms with Crippen molar-refractivity contribution in [1.29, 1.82) is 0 Å². The lowest BCUT2D eigenvalue weighted by Gasteiger charge is -2.36. The zero-order valence-electron chi connectivity index (χ0n) is 17.9. The molecule has 1 rings (SSSR count). The molecule has 0 aliphatic heterocycles. The number of rotatable bonds is 8. The van der Waals surface area contributed by atoms with Gasteiger partial charge >= 0.3 is 5.97 Å². The van der Waals surface area contributed by atoms with E-state index >= 15 is 0 Å². The van der Waals surface area contributed by atoms with Crippen molar-refractivity contribution in [3.05, 3.63) is 59.3 Å². The molecule has 152 valence electrons. The number of Topliss-reactive ketones (excluding diaryl/α,β-unsaturated/α-hetero) is 2. The predicted molar refractivity (Wildman–Crippen MR) is 113 cm³/mol. The Labute approximate surface area is 168 Å². The van der Waals surface area contributed by atoms with E-state index in [1.165, 1.54) is 6.92 Å². The molecule has 0 fully saturated rings. The molecule has 0 saturated heterocycles. The number of allylic oxidation sites excluding steroid dienone is 8. The second-order valence-electron chi connectivity index (χ2n) is 8.12. The molecule has 4 nitrogen and oxygen atoms in total. The van der Waals surface area contributed by atoms with Gasteiger partial charge in [-0.1, -0.05) is 62.0 Å². The summed E-state index contributed by atoms with van der Waals surface area (Å²) in [5.74, 6) is -0.740. The van der Waals surface area contributed by atoms with Gasteiger partial charge in [0.25, 0.3) is 0 Å². The maximum absolute atomic E-state index is 12.7. The van der Waals surface area contributed by atoms with Gasteiger partial charge in [0.2, 0.25) is 0 Å². The molecule has 0 heterocycles. The van der Waals surface area contributed by atoms with Gasteiger partial charge in [0.05, 0.1) is 6.42 Å². The van der Waals surface area contributed by atoms with Crippen molar-refractivity contribution in [2.24, 2.45) is 5.41 Å². The van der Waals surface area contributed by atoms with Gasteiger partial charge in [0, 0.05) is 12.8 Å². The molecule has 0 aromatic carbocycles. The number of esters is 1. The third kappa shape index (κ3) is 7.26. The molecule has 0 saturated carbocycles. The van der Waals surface area contributed by atoms with Crippen molar-refractivity contribution in [1.82, 2.24) is 0 Å². The first-order valence-corrected chi connectivity index (χ1v) is 9.57. The second-order valence-corrected chi connectivity index (χ2v) is 8.12. The number of hydrogen-bond acceptors (Lipinski definition) is 4. The molecule has 0 bridgehead atoms. The number of ether oxygens (including phenoxy) is 1. The van der Waals surface area contributed by atoms with Gasteiger partial charge in [-0.05, 0) is 44.3 Å². The Morgan fingerprint density at radius 1 is 1.18 bits per heavy atom. The standard InChI is InChI=1S/C24H32O4/c1-16(2)9-8-10-17(3)11-13-20-19(5)23(27)21(15-24(20,6)7)28-22(26)14-12-18(4)25/h8-11,13,21H,1,12,14-15H2,2-7H3/b9-8+,13-11+,17-10+. The van der Waals surface area contributed by atoms with Crippen molar-refractivity contribution in [3.8, 4) is 0 Å². The summed E-state index contributed by atoms with van der Waals surface area (Å²) in [5, 5.41) is 0. The third-order valence-corrected chi connectivity index (χ3v) is 4.70. The molecular weight excluding hydrogens is 352 g/mol. The fourth-order valence-corrected chi connectivity index (χ4v) is 3.12. The van der Waals surface area contributed by atoms with Gasteiger partial charge in [-0.3, -0.25) is 9.59 Å². The highest BCUT2D eigenvalue weighted by molar-refractivity contribution is 6.01. The number of carbonyl (C=O) groups is 3. The van der Waals surface area contributed by atoms with Crippen molar-refractivity contribution in [2.75, 3.05) is 0 Å². The Balaban J connectivity index is 2.97. The topological polar surface area (TPSA) is 60.4 Å². The average Bonchev–Trinajstić information content (AvgIpc) is 2.56. The smallest absolute Gasteiger partial charge is 0.306 e. The van der Waals surface area contributed by atoms with Crippen molar-refractivity contribution < 1.29 is 19.1 Å². The fraction of sp³-hybridized carbons (Fsp3) is 0.458. The normalized spacial score (nSPS) is 20.1. The monoisotopic (exact) mass is 384 g/mol. The molecule has 0 spiro atoms. The van der Waals surface area contributed by atoms with E-state index in [0.29, 0.717) is 12.0 Å². The van der Waals surface area contributed by atoms with Crippen molar-refractivity contribution in [2.45, 2.75) is 66.9 Å². The SMILES string of the molecule is C=C(C)/C=C/C=C(C)/C=C/C1=C(C)C(=O)C(OC(=O)CCC(C)=O)CC1(C)C. The molecule has 0 aromatic rings. The van der Waals surface area contributed by atoms with E-state index in [-0.39, 0.29) is 29.8 Å². The maximum atomic E-state index is 12.7. The lowest BCUT2D eigenvalue weighted by Crippen LogP contribution is -2.39. The Morgan fingerprint density at radius 3 is 2.39 bits per heavy atom. The lowest BCUT2D eigenvalue weighted by molar-refractivity contribution is -0.156. The predicted octanol–water partition coefficient (Wildman–Crippen LogP) is 5.22.